The lowest BCUT2D eigenvalue weighted by Crippen LogP contribution is -2.22. The second kappa shape index (κ2) is 7.23. The number of hydrazone groups is 1. The quantitative estimate of drug-likeness (QED) is 0.513. The van der Waals surface area contributed by atoms with E-state index in [4.69, 9.17) is 17.3 Å². The zero-order valence-corrected chi connectivity index (χ0v) is 15.3. The number of para-hydroxylation sites is 1. The second-order valence-corrected chi connectivity index (χ2v) is 7.19. The zero-order valence-electron chi connectivity index (χ0n) is 13.6. The van der Waals surface area contributed by atoms with Crippen molar-refractivity contribution >= 4 is 40.4 Å². The van der Waals surface area contributed by atoms with E-state index < -0.39 is 0 Å². The highest BCUT2D eigenvalue weighted by molar-refractivity contribution is 8.23. The van der Waals surface area contributed by atoms with E-state index in [1.165, 1.54) is 16.8 Å². The van der Waals surface area contributed by atoms with Gasteiger partial charge in [0.25, 0.3) is 5.91 Å². The Morgan fingerprint density at radius 1 is 1.08 bits per heavy atom. The van der Waals surface area contributed by atoms with Crippen molar-refractivity contribution in [1.82, 2.24) is 14.8 Å². The van der Waals surface area contributed by atoms with Crippen LogP contribution in [0.4, 0.5) is 0 Å². The highest BCUT2D eigenvalue weighted by atomic mass is 32.2. The molecule has 0 atom stereocenters. The molecule has 0 N–H and O–H groups in total. The highest BCUT2D eigenvalue weighted by Gasteiger charge is 2.26. The van der Waals surface area contributed by atoms with E-state index >= 15 is 0 Å². The predicted octanol–water partition coefficient (Wildman–Crippen LogP) is 3.73. The monoisotopic (exact) mass is 378 g/mol. The first-order chi connectivity index (χ1) is 12.7. The van der Waals surface area contributed by atoms with Crippen LogP contribution in [0.5, 0.6) is 0 Å². The standard InChI is InChI=1S/C19H14N4OS2/c24-17-13-26-19(25)23(17)20-11-15-12-22(16-9-5-2-6-10-16)21-18(15)14-7-3-1-4-8-14/h1-12H,13H2/b20-11+. The second-order valence-electron chi connectivity index (χ2n) is 5.58. The van der Waals surface area contributed by atoms with E-state index in [1.54, 1.807) is 6.21 Å². The molecule has 7 heteroatoms. The average Bonchev–Trinajstić information content (AvgIpc) is 3.25. The van der Waals surface area contributed by atoms with E-state index in [0.29, 0.717) is 10.1 Å². The maximum Gasteiger partial charge on any atom is 0.259 e. The first kappa shape index (κ1) is 16.7. The van der Waals surface area contributed by atoms with Crippen LogP contribution in [0.3, 0.4) is 0 Å². The summed E-state index contributed by atoms with van der Waals surface area (Å²) in [5, 5.41) is 10.3. The van der Waals surface area contributed by atoms with Gasteiger partial charge in [0.1, 0.15) is 5.69 Å². The van der Waals surface area contributed by atoms with E-state index in [9.17, 15) is 4.79 Å². The summed E-state index contributed by atoms with van der Waals surface area (Å²) in [5.74, 6) is 0.235. The topological polar surface area (TPSA) is 50.5 Å². The number of hydrogen-bond acceptors (Lipinski definition) is 5. The number of benzene rings is 2. The number of amides is 1. The highest BCUT2D eigenvalue weighted by Crippen LogP contribution is 2.24. The smallest absolute Gasteiger partial charge is 0.259 e. The van der Waals surface area contributed by atoms with Gasteiger partial charge in [0, 0.05) is 17.3 Å². The summed E-state index contributed by atoms with van der Waals surface area (Å²) in [5.41, 5.74) is 3.54. The van der Waals surface area contributed by atoms with Crippen molar-refractivity contribution in [3.63, 3.8) is 0 Å². The lowest BCUT2D eigenvalue weighted by molar-refractivity contribution is -0.123. The van der Waals surface area contributed by atoms with Gasteiger partial charge < -0.3 is 0 Å². The molecule has 0 unspecified atom stereocenters. The van der Waals surface area contributed by atoms with Crippen LogP contribution in [0.2, 0.25) is 0 Å². The Labute approximate surface area is 160 Å². The van der Waals surface area contributed by atoms with Crippen LogP contribution in [0.15, 0.2) is 72.0 Å². The molecule has 0 radical (unpaired) electrons. The molecule has 26 heavy (non-hydrogen) atoms. The van der Waals surface area contributed by atoms with Crippen molar-refractivity contribution in [3.8, 4) is 16.9 Å². The van der Waals surface area contributed by atoms with Crippen LogP contribution in [0.1, 0.15) is 5.56 Å². The number of thiocarbonyl (C=S) groups is 1. The minimum atomic E-state index is -0.104. The molecule has 1 fully saturated rings. The van der Waals surface area contributed by atoms with Crippen LogP contribution in [-0.2, 0) is 4.79 Å². The molecule has 0 aliphatic carbocycles. The molecule has 0 spiro atoms. The minimum Gasteiger partial charge on any atom is -0.272 e. The van der Waals surface area contributed by atoms with E-state index in [0.717, 1.165) is 22.5 Å². The molecular weight excluding hydrogens is 364 g/mol. The van der Waals surface area contributed by atoms with Crippen LogP contribution >= 0.6 is 24.0 Å². The van der Waals surface area contributed by atoms with Gasteiger partial charge in [-0.3, -0.25) is 4.79 Å². The molecule has 128 valence electrons. The first-order valence-corrected chi connectivity index (χ1v) is 9.36. The number of carbonyl (C=O) groups excluding carboxylic acids is 1. The summed E-state index contributed by atoms with van der Waals surface area (Å²) < 4.78 is 2.28. The summed E-state index contributed by atoms with van der Waals surface area (Å²) in [7, 11) is 0. The van der Waals surface area contributed by atoms with E-state index in [2.05, 4.69) is 5.10 Å². The lowest BCUT2D eigenvalue weighted by Gasteiger charge is -2.06. The molecule has 2 aromatic carbocycles. The fourth-order valence-corrected chi connectivity index (χ4v) is 3.56. The number of aromatic nitrogens is 2. The minimum absolute atomic E-state index is 0.104. The number of rotatable bonds is 4. The van der Waals surface area contributed by atoms with Gasteiger partial charge in [0.2, 0.25) is 0 Å². The number of hydrogen-bond donors (Lipinski definition) is 0. The van der Waals surface area contributed by atoms with Crippen molar-refractivity contribution < 1.29 is 4.79 Å². The summed E-state index contributed by atoms with van der Waals surface area (Å²) in [6.07, 6.45) is 3.54. The summed E-state index contributed by atoms with van der Waals surface area (Å²) in [6.45, 7) is 0. The van der Waals surface area contributed by atoms with Crippen molar-refractivity contribution in [3.05, 3.63) is 72.4 Å². The molecular formula is C19H14N4OS2. The van der Waals surface area contributed by atoms with Gasteiger partial charge in [-0.25, -0.2) is 4.68 Å². The first-order valence-electron chi connectivity index (χ1n) is 7.96. The predicted molar refractivity (Wildman–Crippen MR) is 108 cm³/mol. The maximum atomic E-state index is 11.9. The Morgan fingerprint density at radius 3 is 2.42 bits per heavy atom. The number of carbonyl (C=O) groups is 1. The van der Waals surface area contributed by atoms with Gasteiger partial charge in [-0.15, -0.1) is 0 Å². The molecule has 5 nitrogen and oxygen atoms in total. The summed E-state index contributed by atoms with van der Waals surface area (Å²) in [6, 6.07) is 19.7. The average molecular weight is 378 g/mol. The Hall–Kier alpha value is -2.77. The van der Waals surface area contributed by atoms with Crippen LogP contribution in [0, 0.1) is 0 Å². The molecule has 1 aliphatic heterocycles. The summed E-state index contributed by atoms with van der Waals surface area (Å²) in [4.78, 5) is 11.9. The molecule has 0 bridgehead atoms. The van der Waals surface area contributed by atoms with Gasteiger partial charge in [-0.05, 0) is 12.1 Å². The Kier molecular flexibility index (Phi) is 4.64. The molecule has 0 saturated carbocycles. The number of thioether (sulfide) groups is 1. The van der Waals surface area contributed by atoms with Crippen molar-refractivity contribution in [1.29, 1.82) is 0 Å². The zero-order chi connectivity index (χ0) is 17.9. The third-order valence-corrected chi connectivity index (χ3v) is 5.19. The van der Waals surface area contributed by atoms with E-state index in [1.807, 2.05) is 71.5 Å². The molecule has 3 aromatic rings. The lowest BCUT2D eigenvalue weighted by atomic mass is 10.1. The molecule has 1 saturated heterocycles. The third-order valence-electron chi connectivity index (χ3n) is 3.85. The largest absolute Gasteiger partial charge is 0.272 e. The molecule has 1 aromatic heterocycles. The van der Waals surface area contributed by atoms with Crippen LogP contribution in [-0.4, -0.2) is 37.0 Å². The van der Waals surface area contributed by atoms with Crippen LogP contribution < -0.4 is 0 Å². The fraction of sp³-hybridized carbons (Fsp3) is 0.0526. The Bertz CT molecular complexity index is 967. The van der Waals surface area contributed by atoms with Crippen molar-refractivity contribution in [2.45, 2.75) is 0 Å². The third kappa shape index (κ3) is 3.31. The van der Waals surface area contributed by atoms with Gasteiger partial charge >= 0.3 is 0 Å². The summed E-state index contributed by atoms with van der Waals surface area (Å²) >= 11 is 6.50. The molecule has 2 heterocycles. The van der Waals surface area contributed by atoms with Gasteiger partial charge in [-0.2, -0.15) is 15.2 Å². The van der Waals surface area contributed by atoms with Crippen molar-refractivity contribution in [2.75, 3.05) is 5.75 Å². The van der Waals surface area contributed by atoms with Gasteiger partial charge in [-0.1, -0.05) is 72.5 Å². The maximum absolute atomic E-state index is 11.9. The Morgan fingerprint density at radius 2 is 1.77 bits per heavy atom. The fourth-order valence-electron chi connectivity index (χ4n) is 2.59. The van der Waals surface area contributed by atoms with Crippen molar-refractivity contribution in [2.24, 2.45) is 5.10 Å². The van der Waals surface area contributed by atoms with Gasteiger partial charge in [0.15, 0.2) is 4.32 Å². The Balaban J connectivity index is 1.76. The molecule has 1 aliphatic rings. The van der Waals surface area contributed by atoms with Crippen LogP contribution in [0.25, 0.3) is 16.9 Å². The SMILES string of the molecule is O=C1CSC(=S)N1/N=C/c1cn(-c2ccccc2)nc1-c1ccccc1. The number of nitrogens with zero attached hydrogens (tertiary/aromatic N) is 4. The van der Waals surface area contributed by atoms with E-state index in [-0.39, 0.29) is 5.91 Å². The molecule has 4 rings (SSSR count). The molecule has 1 amide bonds. The van der Waals surface area contributed by atoms with Gasteiger partial charge in [0.05, 0.1) is 17.7 Å². The normalized spacial score (nSPS) is 14.5.